The van der Waals surface area contributed by atoms with Gasteiger partial charge in [0.15, 0.2) is 0 Å². The third-order valence-electron chi connectivity index (χ3n) is 2.61. The standard InChI is InChI=1S/C12H18N4O2/c1-8-5-6-9(2)16(8)11(14)7-10(13)12(17)15(3)18-4/h5-7,14H,13H2,1-4H3/b10-7-,14-11?. The Kier molecular flexibility index (Phi) is 4.28. The van der Waals surface area contributed by atoms with Gasteiger partial charge >= 0.3 is 0 Å². The molecule has 0 radical (unpaired) electrons. The van der Waals surface area contributed by atoms with Crippen molar-refractivity contribution in [2.75, 3.05) is 14.2 Å². The van der Waals surface area contributed by atoms with Crippen LogP contribution in [0.4, 0.5) is 0 Å². The molecule has 0 saturated carbocycles. The SMILES string of the molecule is CON(C)C(=O)/C(N)=C/C(=N)n1c(C)ccc1C. The van der Waals surface area contributed by atoms with Crippen LogP contribution in [0.2, 0.25) is 0 Å². The summed E-state index contributed by atoms with van der Waals surface area (Å²) in [5.41, 5.74) is 7.41. The number of hydrogen-bond acceptors (Lipinski definition) is 4. The highest BCUT2D eigenvalue weighted by molar-refractivity contribution is 6.02. The number of nitrogens with one attached hydrogen (secondary N) is 1. The van der Waals surface area contributed by atoms with E-state index in [1.165, 1.54) is 20.2 Å². The summed E-state index contributed by atoms with van der Waals surface area (Å²) >= 11 is 0. The summed E-state index contributed by atoms with van der Waals surface area (Å²) in [5, 5.41) is 8.95. The molecule has 1 aromatic heterocycles. The van der Waals surface area contributed by atoms with Crippen molar-refractivity contribution in [2.24, 2.45) is 5.73 Å². The quantitative estimate of drug-likeness (QED) is 0.360. The van der Waals surface area contributed by atoms with Crippen LogP contribution in [0.15, 0.2) is 23.9 Å². The van der Waals surface area contributed by atoms with Gasteiger partial charge in [0.1, 0.15) is 11.5 Å². The summed E-state index contributed by atoms with van der Waals surface area (Å²) in [6.45, 7) is 3.77. The largest absolute Gasteiger partial charge is 0.394 e. The minimum Gasteiger partial charge on any atom is -0.394 e. The molecule has 0 fully saturated rings. The first kappa shape index (κ1) is 14.0. The molecule has 6 nitrogen and oxygen atoms in total. The average Bonchev–Trinajstić information content (AvgIpc) is 2.66. The van der Waals surface area contributed by atoms with Crippen molar-refractivity contribution >= 4 is 11.7 Å². The van der Waals surface area contributed by atoms with Gasteiger partial charge in [-0.1, -0.05) is 0 Å². The van der Waals surface area contributed by atoms with E-state index in [-0.39, 0.29) is 11.5 Å². The fourth-order valence-corrected chi connectivity index (χ4v) is 1.59. The molecule has 1 amide bonds. The zero-order chi connectivity index (χ0) is 13.9. The molecule has 0 aliphatic rings. The topological polar surface area (TPSA) is 84.3 Å². The highest BCUT2D eigenvalue weighted by atomic mass is 16.7. The van der Waals surface area contributed by atoms with Crippen LogP contribution in [-0.4, -0.2) is 35.5 Å². The van der Waals surface area contributed by atoms with E-state index in [2.05, 4.69) is 0 Å². The fourth-order valence-electron chi connectivity index (χ4n) is 1.59. The molecule has 0 bridgehead atoms. The molecule has 0 unspecified atom stereocenters. The zero-order valence-corrected chi connectivity index (χ0v) is 11.0. The Bertz CT molecular complexity index is 483. The molecule has 18 heavy (non-hydrogen) atoms. The van der Waals surface area contributed by atoms with Crippen molar-refractivity contribution in [1.29, 1.82) is 5.41 Å². The number of allylic oxidation sites excluding steroid dienone is 1. The van der Waals surface area contributed by atoms with E-state index in [1.807, 2.05) is 26.0 Å². The van der Waals surface area contributed by atoms with Crippen LogP contribution >= 0.6 is 0 Å². The molecule has 1 aromatic rings. The van der Waals surface area contributed by atoms with Gasteiger partial charge in [-0.05, 0) is 26.0 Å². The number of hydroxylamine groups is 2. The molecule has 1 heterocycles. The third-order valence-corrected chi connectivity index (χ3v) is 2.61. The Morgan fingerprint density at radius 1 is 1.44 bits per heavy atom. The summed E-state index contributed by atoms with van der Waals surface area (Å²) in [7, 11) is 2.83. The zero-order valence-electron chi connectivity index (χ0n) is 11.0. The van der Waals surface area contributed by atoms with Crippen molar-refractivity contribution in [3.05, 3.63) is 35.3 Å². The second-order valence-electron chi connectivity index (χ2n) is 3.92. The van der Waals surface area contributed by atoms with Crippen molar-refractivity contribution < 1.29 is 9.63 Å². The van der Waals surface area contributed by atoms with Crippen molar-refractivity contribution in [3.63, 3.8) is 0 Å². The van der Waals surface area contributed by atoms with Gasteiger partial charge in [0.25, 0.3) is 5.91 Å². The fraction of sp³-hybridized carbons (Fsp3) is 0.333. The minimum absolute atomic E-state index is 0.0446. The first-order chi connectivity index (χ1) is 8.38. The molecule has 0 aromatic carbocycles. The Balaban J connectivity index is 2.97. The Morgan fingerprint density at radius 2 is 1.94 bits per heavy atom. The molecule has 98 valence electrons. The molecular weight excluding hydrogens is 232 g/mol. The van der Waals surface area contributed by atoms with Gasteiger partial charge in [-0.3, -0.25) is 15.0 Å². The van der Waals surface area contributed by atoms with E-state index in [0.717, 1.165) is 16.5 Å². The Labute approximate surface area is 106 Å². The third kappa shape index (κ3) is 2.78. The number of carbonyl (C=O) groups is 1. The maximum atomic E-state index is 11.7. The lowest BCUT2D eigenvalue weighted by Crippen LogP contribution is -2.31. The van der Waals surface area contributed by atoms with Crippen LogP contribution in [0, 0.1) is 19.3 Å². The van der Waals surface area contributed by atoms with Gasteiger partial charge in [0, 0.05) is 24.5 Å². The summed E-state index contributed by atoms with van der Waals surface area (Å²) in [5.74, 6) is -0.338. The molecule has 0 atom stereocenters. The minimum atomic E-state index is -0.482. The van der Waals surface area contributed by atoms with Crippen LogP contribution in [0.1, 0.15) is 11.4 Å². The average molecular weight is 250 g/mol. The number of hydrogen-bond donors (Lipinski definition) is 2. The first-order valence-electron chi connectivity index (χ1n) is 5.41. The highest BCUT2D eigenvalue weighted by Crippen LogP contribution is 2.07. The molecule has 0 aliphatic carbocycles. The number of nitrogens with zero attached hydrogens (tertiary/aromatic N) is 2. The van der Waals surface area contributed by atoms with Gasteiger partial charge in [-0.2, -0.15) is 0 Å². The number of aryl methyl sites for hydroxylation is 2. The van der Waals surface area contributed by atoms with Gasteiger partial charge < -0.3 is 10.3 Å². The lowest BCUT2D eigenvalue weighted by atomic mass is 10.3. The highest BCUT2D eigenvalue weighted by Gasteiger charge is 2.13. The lowest BCUT2D eigenvalue weighted by Gasteiger charge is -2.14. The summed E-state index contributed by atoms with van der Waals surface area (Å²) in [4.78, 5) is 16.4. The van der Waals surface area contributed by atoms with Gasteiger partial charge in [-0.15, -0.1) is 0 Å². The number of aromatic nitrogens is 1. The molecule has 0 aliphatic heterocycles. The maximum absolute atomic E-state index is 11.7. The number of likely N-dealkylation sites (N-methyl/N-ethyl adjacent to an activating group) is 1. The second-order valence-corrected chi connectivity index (χ2v) is 3.92. The first-order valence-corrected chi connectivity index (χ1v) is 5.41. The smallest absolute Gasteiger partial charge is 0.293 e. The van der Waals surface area contributed by atoms with Gasteiger partial charge in [-0.25, -0.2) is 5.06 Å². The second kappa shape index (κ2) is 5.50. The predicted molar refractivity (Wildman–Crippen MR) is 69.1 cm³/mol. The van der Waals surface area contributed by atoms with Crippen molar-refractivity contribution in [3.8, 4) is 0 Å². The van der Waals surface area contributed by atoms with Gasteiger partial charge in [0.2, 0.25) is 0 Å². The van der Waals surface area contributed by atoms with E-state index in [9.17, 15) is 4.79 Å². The van der Waals surface area contributed by atoms with E-state index >= 15 is 0 Å². The summed E-state index contributed by atoms with van der Waals surface area (Å²) in [6.07, 6.45) is 1.32. The Hall–Kier alpha value is -2.08. The normalized spacial score (nSPS) is 11.4. The van der Waals surface area contributed by atoms with Crippen LogP contribution in [-0.2, 0) is 9.63 Å². The van der Waals surface area contributed by atoms with Crippen LogP contribution in [0.3, 0.4) is 0 Å². The predicted octanol–water partition coefficient (Wildman–Crippen LogP) is 0.793. The van der Waals surface area contributed by atoms with Crippen molar-refractivity contribution in [2.45, 2.75) is 13.8 Å². The monoisotopic (exact) mass is 250 g/mol. The van der Waals surface area contributed by atoms with E-state index < -0.39 is 5.91 Å². The summed E-state index contributed by atoms with van der Waals surface area (Å²) < 4.78 is 1.70. The molecule has 1 rings (SSSR count). The lowest BCUT2D eigenvalue weighted by molar-refractivity contribution is -0.164. The number of nitrogens with two attached hydrogens (primary N) is 1. The molecular formula is C12H18N4O2. The van der Waals surface area contributed by atoms with E-state index in [0.29, 0.717) is 0 Å². The number of carbonyl (C=O) groups excluding carboxylic acids is 1. The summed E-state index contributed by atoms with van der Waals surface area (Å²) in [6, 6.07) is 3.80. The number of rotatable bonds is 3. The van der Waals surface area contributed by atoms with Crippen molar-refractivity contribution in [1.82, 2.24) is 9.63 Å². The molecule has 0 saturated heterocycles. The van der Waals surface area contributed by atoms with Crippen LogP contribution < -0.4 is 5.73 Å². The van der Waals surface area contributed by atoms with Gasteiger partial charge in [0.05, 0.1) is 7.11 Å². The molecule has 0 spiro atoms. The maximum Gasteiger partial charge on any atom is 0.293 e. The number of amides is 1. The van der Waals surface area contributed by atoms with Crippen LogP contribution in [0.25, 0.3) is 0 Å². The Morgan fingerprint density at radius 3 is 2.39 bits per heavy atom. The van der Waals surface area contributed by atoms with Crippen LogP contribution in [0.5, 0.6) is 0 Å². The molecule has 6 heteroatoms. The van der Waals surface area contributed by atoms with E-state index in [1.54, 1.807) is 4.57 Å². The molecule has 3 N–H and O–H groups in total. The van der Waals surface area contributed by atoms with E-state index in [4.69, 9.17) is 16.0 Å².